The largest absolute Gasteiger partial charge is 0.497 e. The summed E-state index contributed by atoms with van der Waals surface area (Å²) in [5.74, 6) is 0.113. The lowest BCUT2D eigenvalue weighted by Crippen LogP contribution is -2.30. The molecule has 6 heteroatoms. The number of carbonyl (C=O) groups is 1. The molecule has 1 amide bonds. The topological polar surface area (TPSA) is 62.4 Å². The Hall–Kier alpha value is -3.41. The van der Waals surface area contributed by atoms with Gasteiger partial charge in [-0.25, -0.2) is 4.39 Å². The third-order valence-corrected chi connectivity index (χ3v) is 4.11. The van der Waals surface area contributed by atoms with Gasteiger partial charge in [0, 0.05) is 25.4 Å². The number of nitrogens with one attached hydrogen (secondary N) is 1. The van der Waals surface area contributed by atoms with Gasteiger partial charge in [0.2, 0.25) is 5.56 Å². The van der Waals surface area contributed by atoms with Gasteiger partial charge in [0.15, 0.2) is 0 Å². The molecule has 0 saturated heterocycles. The van der Waals surface area contributed by atoms with E-state index in [1.54, 1.807) is 24.1 Å². The number of rotatable bonds is 6. The van der Waals surface area contributed by atoms with Crippen LogP contribution >= 0.6 is 0 Å². The fourth-order valence-electron chi connectivity index (χ4n) is 2.73. The van der Waals surface area contributed by atoms with Crippen LogP contribution in [0.2, 0.25) is 0 Å². The average molecular weight is 366 g/mol. The zero-order valence-electron chi connectivity index (χ0n) is 14.8. The second kappa shape index (κ2) is 8.31. The maximum absolute atomic E-state index is 13.5. The maximum atomic E-state index is 13.5. The normalized spacial score (nSPS) is 10.4. The molecule has 0 atom stereocenters. The van der Waals surface area contributed by atoms with E-state index in [1.165, 1.54) is 30.5 Å². The van der Waals surface area contributed by atoms with Crippen molar-refractivity contribution in [2.24, 2.45) is 0 Å². The second-order valence-corrected chi connectivity index (χ2v) is 6.08. The summed E-state index contributed by atoms with van der Waals surface area (Å²) >= 11 is 0. The van der Waals surface area contributed by atoms with Crippen LogP contribution in [-0.4, -0.2) is 22.9 Å². The minimum absolute atomic E-state index is 0.238. The summed E-state index contributed by atoms with van der Waals surface area (Å²) in [5.41, 5.74) is 1.67. The molecule has 138 valence electrons. The number of hydrogen-bond donors (Lipinski definition) is 1. The van der Waals surface area contributed by atoms with Crippen molar-refractivity contribution in [3.05, 3.63) is 99.7 Å². The molecule has 3 rings (SSSR count). The van der Waals surface area contributed by atoms with E-state index in [0.29, 0.717) is 17.7 Å². The summed E-state index contributed by atoms with van der Waals surface area (Å²) in [6.07, 6.45) is 1.39. The first kappa shape index (κ1) is 18.4. The number of ether oxygens (including phenoxy) is 1. The number of amides is 1. The molecular weight excluding hydrogens is 347 g/mol. The summed E-state index contributed by atoms with van der Waals surface area (Å²) in [7, 11) is 1.59. The maximum Gasteiger partial charge on any atom is 0.255 e. The average Bonchev–Trinajstić information content (AvgIpc) is 2.68. The highest BCUT2D eigenvalue weighted by Gasteiger charge is 2.17. The van der Waals surface area contributed by atoms with E-state index in [0.717, 1.165) is 11.3 Å². The molecule has 2 aromatic carbocycles. The highest BCUT2D eigenvalue weighted by atomic mass is 19.1. The van der Waals surface area contributed by atoms with E-state index in [9.17, 15) is 14.0 Å². The Labute approximate surface area is 156 Å². The molecule has 1 aromatic heterocycles. The van der Waals surface area contributed by atoms with Crippen LogP contribution in [0.3, 0.4) is 0 Å². The minimum atomic E-state index is -0.353. The number of H-pyrrole nitrogens is 1. The van der Waals surface area contributed by atoms with E-state index < -0.39 is 0 Å². The van der Waals surface area contributed by atoms with Crippen LogP contribution in [0.15, 0.2) is 71.7 Å². The number of nitrogens with zero attached hydrogens (tertiary/aromatic N) is 1. The fraction of sp³-hybridized carbons (Fsp3) is 0.143. The minimum Gasteiger partial charge on any atom is -0.497 e. The Kier molecular flexibility index (Phi) is 5.66. The first-order valence-corrected chi connectivity index (χ1v) is 8.40. The molecule has 0 bridgehead atoms. The molecule has 27 heavy (non-hydrogen) atoms. The zero-order chi connectivity index (χ0) is 19.2. The predicted octanol–water partition coefficient (Wildman–Crippen LogP) is 3.37. The number of benzene rings is 2. The Morgan fingerprint density at radius 2 is 1.78 bits per heavy atom. The van der Waals surface area contributed by atoms with Gasteiger partial charge in [-0.15, -0.1) is 0 Å². The highest BCUT2D eigenvalue weighted by Crippen LogP contribution is 2.17. The molecule has 0 fully saturated rings. The van der Waals surface area contributed by atoms with Crippen molar-refractivity contribution in [2.45, 2.75) is 13.1 Å². The smallest absolute Gasteiger partial charge is 0.255 e. The molecule has 5 nitrogen and oxygen atoms in total. The molecule has 1 heterocycles. The van der Waals surface area contributed by atoms with E-state index in [1.807, 2.05) is 24.3 Å². The van der Waals surface area contributed by atoms with Crippen LogP contribution in [0.4, 0.5) is 4.39 Å². The van der Waals surface area contributed by atoms with Gasteiger partial charge in [-0.05, 0) is 41.5 Å². The van der Waals surface area contributed by atoms with Crippen molar-refractivity contribution < 1.29 is 13.9 Å². The molecule has 0 radical (unpaired) electrons. The van der Waals surface area contributed by atoms with Gasteiger partial charge in [-0.1, -0.05) is 24.3 Å². The SMILES string of the molecule is COc1ccc(CN(Cc2cccc(F)c2)C(=O)c2ccc(=O)[nH]c2)cc1. The molecule has 0 aliphatic carbocycles. The van der Waals surface area contributed by atoms with Gasteiger partial charge in [0.25, 0.3) is 5.91 Å². The molecular formula is C21H19FN2O3. The Morgan fingerprint density at radius 3 is 2.41 bits per heavy atom. The van der Waals surface area contributed by atoms with Crippen molar-refractivity contribution in [1.29, 1.82) is 0 Å². The lowest BCUT2D eigenvalue weighted by atomic mass is 10.1. The van der Waals surface area contributed by atoms with E-state index in [-0.39, 0.29) is 23.8 Å². The number of hydrogen-bond acceptors (Lipinski definition) is 3. The van der Waals surface area contributed by atoms with Gasteiger partial charge in [-0.3, -0.25) is 9.59 Å². The first-order valence-electron chi connectivity index (χ1n) is 8.40. The number of halogens is 1. The number of aromatic nitrogens is 1. The van der Waals surface area contributed by atoms with Crippen LogP contribution in [0, 0.1) is 5.82 Å². The van der Waals surface area contributed by atoms with Crippen molar-refractivity contribution >= 4 is 5.91 Å². The second-order valence-electron chi connectivity index (χ2n) is 6.08. The van der Waals surface area contributed by atoms with Crippen LogP contribution < -0.4 is 10.3 Å². The van der Waals surface area contributed by atoms with Gasteiger partial charge in [0.1, 0.15) is 11.6 Å². The van der Waals surface area contributed by atoms with Gasteiger partial charge < -0.3 is 14.6 Å². The fourth-order valence-corrected chi connectivity index (χ4v) is 2.73. The third kappa shape index (κ3) is 4.82. The Morgan fingerprint density at radius 1 is 1.04 bits per heavy atom. The van der Waals surface area contributed by atoms with Gasteiger partial charge in [-0.2, -0.15) is 0 Å². The van der Waals surface area contributed by atoms with Crippen molar-refractivity contribution in [1.82, 2.24) is 9.88 Å². The highest BCUT2D eigenvalue weighted by molar-refractivity contribution is 5.93. The standard InChI is InChI=1S/C21H19FN2O3/c1-27-19-8-5-15(6-9-19)13-24(14-16-3-2-4-18(22)11-16)21(26)17-7-10-20(25)23-12-17/h2-12H,13-14H2,1H3,(H,23,25). The van der Waals surface area contributed by atoms with E-state index in [4.69, 9.17) is 4.74 Å². The third-order valence-electron chi connectivity index (χ3n) is 4.11. The number of aromatic amines is 1. The molecule has 0 unspecified atom stereocenters. The van der Waals surface area contributed by atoms with Gasteiger partial charge in [0.05, 0.1) is 12.7 Å². The predicted molar refractivity (Wildman–Crippen MR) is 100 cm³/mol. The lowest BCUT2D eigenvalue weighted by Gasteiger charge is -2.23. The lowest BCUT2D eigenvalue weighted by molar-refractivity contribution is 0.0729. The zero-order valence-corrected chi connectivity index (χ0v) is 14.8. The van der Waals surface area contributed by atoms with Crippen molar-refractivity contribution in [2.75, 3.05) is 7.11 Å². The quantitative estimate of drug-likeness (QED) is 0.728. The van der Waals surface area contributed by atoms with Crippen LogP contribution in [0.5, 0.6) is 5.75 Å². The Balaban J connectivity index is 1.87. The van der Waals surface area contributed by atoms with Crippen molar-refractivity contribution in [3.63, 3.8) is 0 Å². The molecule has 0 spiro atoms. The van der Waals surface area contributed by atoms with Gasteiger partial charge >= 0.3 is 0 Å². The van der Waals surface area contributed by atoms with E-state index >= 15 is 0 Å². The number of carbonyl (C=O) groups excluding carboxylic acids is 1. The summed E-state index contributed by atoms with van der Waals surface area (Å²) in [6, 6.07) is 16.3. The number of methoxy groups -OCH3 is 1. The summed E-state index contributed by atoms with van der Waals surface area (Å²) < 4.78 is 18.7. The monoisotopic (exact) mass is 366 g/mol. The molecule has 0 aliphatic heterocycles. The first-order chi connectivity index (χ1) is 13.0. The molecule has 1 N–H and O–H groups in total. The van der Waals surface area contributed by atoms with Crippen molar-refractivity contribution in [3.8, 4) is 5.75 Å². The van der Waals surface area contributed by atoms with Crippen LogP contribution in [0.1, 0.15) is 21.5 Å². The van der Waals surface area contributed by atoms with Crippen LogP contribution in [-0.2, 0) is 13.1 Å². The Bertz CT molecular complexity index is 963. The van der Waals surface area contributed by atoms with E-state index in [2.05, 4.69) is 4.98 Å². The molecule has 3 aromatic rings. The molecule has 0 aliphatic rings. The summed E-state index contributed by atoms with van der Waals surface area (Å²) in [5, 5.41) is 0. The molecule has 0 saturated carbocycles. The summed E-state index contributed by atoms with van der Waals surface area (Å²) in [6.45, 7) is 0.570. The summed E-state index contributed by atoms with van der Waals surface area (Å²) in [4.78, 5) is 28.3. The van der Waals surface area contributed by atoms with Crippen LogP contribution in [0.25, 0.3) is 0 Å². The number of pyridine rings is 1.